The summed E-state index contributed by atoms with van der Waals surface area (Å²) >= 11 is 0. The molecule has 0 saturated heterocycles. The van der Waals surface area contributed by atoms with Crippen LogP contribution in [-0.2, 0) is 4.79 Å². The molecule has 0 aliphatic carbocycles. The number of ether oxygens (including phenoxy) is 3. The van der Waals surface area contributed by atoms with Gasteiger partial charge in [0.2, 0.25) is 6.79 Å². The Morgan fingerprint density at radius 2 is 1.89 bits per heavy atom. The van der Waals surface area contributed by atoms with Crippen molar-refractivity contribution in [2.45, 2.75) is 13.0 Å². The molecule has 1 aromatic carbocycles. The smallest absolute Gasteiger partial charge is 0.344 e. The maximum absolute atomic E-state index is 11.0. The number of fused-ring (bicyclic) bond motifs is 1. The monoisotopic (exact) mass is 254 g/mol. The second-order valence-corrected chi connectivity index (χ2v) is 3.61. The normalized spacial score (nSPS) is 14.1. The molecule has 2 N–H and O–H groups in total. The number of aliphatic carboxylic acids is 1. The van der Waals surface area contributed by atoms with E-state index in [0.717, 1.165) is 0 Å². The van der Waals surface area contributed by atoms with Crippen LogP contribution in [0.5, 0.6) is 17.2 Å². The van der Waals surface area contributed by atoms with Gasteiger partial charge in [0, 0.05) is 12.1 Å². The predicted molar refractivity (Wildman–Crippen MR) is 57.3 cm³/mol. The SMILES string of the molecule is CC(Oc1cc2c(cc1C(=O)O)OCO2)C(=O)O. The van der Waals surface area contributed by atoms with Gasteiger partial charge in [-0.15, -0.1) is 0 Å². The van der Waals surface area contributed by atoms with Gasteiger partial charge in [0.05, 0.1) is 0 Å². The fourth-order valence-electron chi connectivity index (χ4n) is 1.43. The maximum atomic E-state index is 11.0. The first-order valence-electron chi connectivity index (χ1n) is 5.05. The third-order valence-electron chi connectivity index (χ3n) is 2.36. The molecule has 96 valence electrons. The zero-order chi connectivity index (χ0) is 13.3. The molecule has 1 heterocycles. The van der Waals surface area contributed by atoms with E-state index in [1.165, 1.54) is 19.1 Å². The highest BCUT2D eigenvalue weighted by molar-refractivity contribution is 5.92. The average molecular weight is 254 g/mol. The van der Waals surface area contributed by atoms with Crippen LogP contribution in [0.3, 0.4) is 0 Å². The molecular formula is C11H10O7. The van der Waals surface area contributed by atoms with E-state index < -0.39 is 18.0 Å². The molecule has 0 aromatic heterocycles. The number of aromatic carboxylic acids is 1. The number of rotatable bonds is 4. The Kier molecular flexibility index (Phi) is 2.97. The number of hydrogen-bond donors (Lipinski definition) is 2. The van der Waals surface area contributed by atoms with Crippen molar-refractivity contribution in [2.24, 2.45) is 0 Å². The number of carbonyl (C=O) groups is 2. The Balaban J connectivity index is 2.38. The Hall–Kier alpha value is -2.44. The highest BCUT2D eigenvalue weighted by Crippen LogP contribution is 2.38. The van der Waals surface area contributed by atoms with Gasteiger partial charge in [-0.2, -0.15) is 0 Å². The van der Waals surface area contributed by atoms with Crippen LogP contribution in [-0.4, -0.2) is 35.0 Å². The van der Waals surface area contributed by atoms with E-state index >= 15 is 0 Å². The number of carboxylic acid groups (broad SMARTS) is 2. The Morgan fingerprint density at radius 3 is 2.44 bits per heavy atom. The van der Waals surface area contributed by atoms with Crippen molar-refractivity contribution in [3.63, 3.8) is 0 Å². The summed E-state index contributed by atoms with van der Waals surface area (Å²) in [6.45, 7) is 1.30. The molecule has 18 heavy (non-hydrogen) atoms. The second kappa shape index (κ2) is 4.44. The molecule has 0 bridgehead atoms. The van der Waals surface area contributed by atoms with Crippen LogP contribution in [0.4, 0.5) is 0 Å². The van der Waals surface area contributed by atoms with Gasteiger partial charge in [-0.25, -0.2) is 9.59 Å². The van der Waals surface area contributed by atoms with Gasteiger partial charge >= 0.3 is 11.9 Å². The van der Waals surface area contributed by atoms with Gasteiger partial charge in [-0.1, -0.05) is 0 Å². The van der Waals surface area contributed by atoms with Crippen molar-refractivity contribution in [1.29, 1.82) is 0 Å². The first-order valence-corrected chi connectivity index (χ1v) is 5.05. The van der Waals surface area contributed by atoms with Crippen LogP contribution < -0.4 is 14.2 Å². The van der Waals surface area contributed by atoms with E-state index in [-0.39, 0.29) is 18.1 Å². The fourth-order valence-corrected chi connectivity index (χ4v) is 1.43. The predicted octanol–water partition coefficient (Wildman–Crippen LogP) is 0.965. The zero-order valence-electron chi connectivity index (χ0n) is 9.37. The summed E-state index contributed by atoms with van der Waals surface area (Å²) in [6, 6.07) is 2.56. The molecule has 0 saturated carbocycles. The van der Waals surface area contributed by atoms with Crippen molar-refractivity contribution < 1.29 is 34.0 Å². The third-order valence-corrected chi connectivity index (χ3v) is 2.36. The standard InChI is InChI=1S/C11H10O7/c1-5(10(12)13)18-7-3-9-8(16-4-17-9)2-6(7)11(14)15/h2-3,5H,4H2,1H3,(H,12,13)(H,14,15). The van der Waals surface area contributed by atoms with E-state index in [1.54, 1.807) is 0 Å². The average Bonchev–Trinajstić information content (AvgIpc) is 2.74. The van der Waals surface area contributed by atoms with Crippen molar-refractivity contribution in [1.82, 2.24) is 0 Å². The van der Waals surface area contributed by atoms with Gasteiger partial charge in [-0.3, -0.25) is 0 Å². The van der Waals surface area contributed by atoms with E-state index in [2.05, 4.69) is 0 Å². The minimum atomic E-state index is -1.24. The maximum Gasteiger partial charge on any atom is 0.344 e. The van der Waals surface area contributed by atoms with Gasteiger partial charge in [0.1, 0.15) is 11.3 Å². The van der Waals surface area contributed by atoms with E-state index in [0.29, 0.717) is 11.5 Å². The highest BCUT2D eigenvalue weighted by atomic mass is 16.7. The number of benzene rings is 1. The van der Waals surface area contributed by atoms with Gasteiger partial charge in [-0.05, 0) is 6.92 Å². The molecule has 1 aromatic rings. The summed E-state index contributed by atoms with van der Waals surface area (Å²) in [5.41, 5.74) is -0.174. The molecule has 1 unspecified atom stereocenters. The Bertz CT molecular complexity index is 508. The van der Waals surface area contributed by atoms with Crippen molar-refractivity contribution in [3.05, 3.63) is 17.7 Å². The Labute approximate surface area is 102 Å². The first-order chi connectivity index (χ1) is 8.49. The summed E-state index contributed by atoms with van der Waals surface area (Å²) < 4.78 is 15.2. The minimum Gasteiger partial charge on any atom is -0.479 e. The van der Waals surface area contributed by atoms with Gasteiger partial charge in [0.25, 0.3) is 0 Å². The molecular weight excluding hydrogens is 244 g/mol. The molecule has 0 spiro atoms. The summed E-state index contributed by atoms with van der Waals surface area (Å²) in [6.07, 6.45) is -1.16. The second-order valence-electron chi connectivity index (χ2n) is 3.61. The summed E-state index contributed by atoms with van der Waals surface area (Å²) in [5, 5.41) is 17.8. The zero-order valence-corrected chi connectivity index (χ0v) is 9.37. The molecule has 0 radical (unpaired) electrons. The summed E-state index contributed by atoms with van der Waals surface area (Å²) in [7, 11) is 0. The van der Waals surface area contributed by atoms with Crippen LogP contribution in [0.2, 0.25) is 0 Å². The van der Waals surface area contributed by atoms with Crippen molar-refractivity contribution in [2.75, 3.05) is 6.79 Å². The molecule has 1 atom stereocenters. The summed E-state index contributed by atoms with van der Waals surface area (Å²) in [4.78, 5) is 21.7. The fraction of sp³-hybridized carbons (Fsp3) is 0.273. The molecule has 2 rings (SSSR count). The van der Waals surface area contributed by atoms with E-state index in [9.17, 15) is 9.59 Å². The largest absolute Gasteiger partial charge is 0.479 e. The van der Waals surface area contributed by atoms with Crippen LogP contribution in [0.25, 0.3) is 0 Å². The quantitative estimate of drug-likeness (QED) is 0.824. The van der Waals surface area contributed by atoms with Gasteiger partial charge < -0.3 is 24.4 Å². The molecule has 1 aliphatic heterocycles. The molecule has 0 amide bonds. The topological polar surface area (TPSA) is 102 Å². The van der Waals surface area contributed by atoms with E-state index in [1.807, 2.05) is 0 Å². The Morgan fingerprint density at radius 1 is 1.28 bits per heavy atom. The van der Waals surface area contributed by atoms with Crippen LogP contribution in [0.1, 0.15) is 17.3 Å². The molecule has 7 heteroatoms. The number of carboxylic acids is 2. The third kappa shape index (κ3) is 2.15. The lowest BCUT2D eigenvalue weighted by Crippen LogP contribution is -2.23. The molecule has 0 fully saturated rings. The van der Waals surface area contributed by atoms with Crippen LogP contribution in [0.15, 0.2) is 12.1 Å². The van der Waals surface area contributed by atoms with Gasteiger partial charge in [0.15, 0.2) is 17.6 Å². The van der Waals surface area contributed by atoms with Crippen molar-refractivity contribution in [3.8, 4) is 17.2 Å². The lowest BCUT2D eigenvalue weighted by molar-refractivity contribution is -0.144. The van der Waals surface area contributed by atoms with E-state index in [4.69, 9.17) is 24.4 Å². The number of hydrogen-bond acceptors (Lipinski definition) is 5. The molecule has 7 nitrogen and oxygen atoms in total. The minimum absolute atomic E-state index is 0.00761. The highest BCUT2D eigenvalue weighted by Gasteiger charge is 2.24. The lowest BCUT2D eigenvalue weighted by Gasteiger charge is -2.13. The lowest BCUT2D eigenvalue weighted by atomic mass is 10.1. The van der Waals surface area contributed by atoms with Crippen LogP contribution >= 0.6 is 0 Å². The first kappa shape index (κ1) is 12.0. The van der Waals surface area contributed by atoms with Crippen LogP contribution in [0, 0.1) is 0 Å². The molecule has 1 aliphatic rings. The summed E-state index contributed by atoms with van der Waals surface area (Å²) in [5.74, 6) is -1.87. The van der Waals surface area contributed by atoms with Crippen molar-refractivity contribution >= 4 is 11.9 Å².